The van der Waals surface area contributed by atoms with Crippen molar-refractivity contribution >= 4 is 22.4 Å². The zero-order valence-corrected chi connectivity index (χ0v) is 20.3. The van der Waals surface area contributed by atoms with E-state index in [9.17, 15) is 9.18 Å². The molecule has 0 saturated carbocycles. The smallest absolute Gasteiger partial charge is 0.255 e. The molecule has 6 heteroatoms. The zero-order valence-electron chi connectivity index (χ0n) is 20.3. The first kappa shape index (κ1) is 24.0. The Hall–Kier alpha value is -3.74. The largest absolute Gasteiger partial charge is 0.492 e. The Morgan fingerprint density at radius 2 is 1.72 bits per heavy atom. The van der Waals surface area contributed by atoms with Gasteiger partial charge in [0.15, 0.2) is 0 Å². The van der Waals surface area contributed by atoms with Crippen LogP contribution >= 0.6 is 0 Å². The molecule has 1 saturated heterocycles. The van der Waals surface area contributed by atoms with Crippen LogP contribution in [0.2, 0.25) is 0 Å². The molecule has 0 unspecified atom stereocenters. The lowest BCUT2D eigenvalue weighted by atomic mass is 10.0. The number of benzene rings is 4. The number of fused-ring (bicyclic) bond motifs is 1. The van der Waals surface area contributed by atoms with Gasteiger partial charge in [-0.3, -0.25) is 9.69 Å². The summed E-state index contributed by atoms with van der Waals surface area (Å²) < 4.78 is 25.2. The van der Waals surface area contributed by atoms with E-state index >= 15 is 0 Å². The number of ether oxygens (including phenoxy) is 2. The Morgan fingerprint density at radius 1 is 0.944 bits per heavy atom. The third kappa shape index (κ3) is 5.40. The molecular formula is C30H29FN2O3. The lowest BCUT2D eigenvalue weighted by Crippen LogP contribution is -2.38. The Morgan fingerprint density at radius 3 is 2.53 bits per heavy atom. The van der Waals surface area contributed by atoms with Crippen molar-refractivity contribution in [1.82, 2.24) is 4.90 Å². The van der Waals surface area contributed by atoms with Gasteiger partial charge in [-0.15, -0.1) is 0 Å². The van der Waals surface area contributed by atoms with Gasteiger partial charge >= 0.3 is 0 Å². The van der Waals surface area contributed by atoms with Gasteiger partial charge in [-0.2, -0.15) is 0 Å². The molecule has 5 nitrogen and oxygen atoms in total. The Labute approximate surface area is 210 Å². The van der Waals surface area contributed by atoms with Crippen LogP contribution in [0.3, 0.4) is 0 Å². The predicted molar refractivity (Wildman–Crippen MR) is 141 cm³/mol. The summed E-state index contributed by atoms with van der Waals surface area (Å²) >= 11 is 0. The number of hydrogen-bond acceptors (Lipinski definition) is 4. The minimum absolute atomic E-state index is 0.207. The molecule has 184 valence electrons. The summed E-state index contributed by atoms with van der Waals surface area (Å²) in [6, 6.07) is 24.0. The van der Waals surface area contributed by atoms with Crippen molar-refractivity contribution in [2.45, 2.75) is 6.92 Å². The van der Waals surface area contributed by atoms with Crippen molar-refractivity contribution in [2.24, 2.45) is 0 Å². The molecule has 0 atom stereocenters. The zero-order chi connectivity index (χ0) is 24.9. The van der Waals surface area contributed by atoms with Crippen molar-refractivity contribution in [1.29, 1.82) is 0 Å². The number of amides is 1. The normalized spacial score (nSPS) is 14.1. The van der Waals surface area contributed by atoms with Crippen LogP contribution in [0.5, 0.6) is 5.75 Å². The van der Waals surface area contributed by atoms with E-state index in [1.54, 1.807) is 25.1 Å². The van der Waals surface area contributed by atoms with Crippen LogP contribution in [0.1, 0.15) is 15.9 Å². The van der Waals surface area contributed by atoms with Crippen molar-refractivity contribution in [2.75, 3.05) is 44.8 Å². The fraction of sp³-hybridized carbons (Fsp3) is 0.233. The summed E-state index contributed by atoms with van der Waals surface area (Å²) in [5.41, 5.74) is 3.55. The Kier molecular flexibility index (Phi) is 7.26. The van der Waals surface area contributed by atoms with Crippen molar-refractivity contribution in [3.05, 3.63) is 95.8 Å². The molecule has 5 rings (SSSR count). The highest BCUT2D eigenvalue weighted by Gasteiger charge is 2.14. The van der Waals surface area contributed by atoms with E-state index in [1.807, 2.05) is 54.6 Å². The lowest BCUT2D eigenvalue weighted by Gasteiger charge is -2.26. The summed E-state index contributed by atoms with van der Waals surface area (Å²) in [5, 5.41) is 4.93. The molecule has 0 aromatic heterocycles. The van der Waals surface area contributed by atoms with Crippen LogP contribution < -0.4 is 10.1 Å². The first-order valence-electron chi connectivity index (χ1n) is 12.2. The Balaban J connectivity index is 1.33. The van der Waals surface area contributed by atoms with Gasteiger partial charge in [0.1, 0.15) is 18.2 Å². The molecule has 4 aromatic carbocycles. The van der Waals surface area contributed by atoms with E-state index < -0.39 is 0 Å². The molecule has 1 heterocycles. The van der Waals surface area contributed by atoms with E-state index in [2.05, 4.69) is 10.2 Å². The van der Waals surface area contributed by atoms with Crippen LogP contribution in [0.15, 0.2) is 78.9 Å². The van der Waals surface area contributed by atoms with E-state index in [-0.39, 0.29) is 11.7 Å². The number of nitrogens with one attached hydrogen (secondary N) is 1. The highest BCUT2D eigenvalue weighted by Crippen LogP contribution is 2.32. The molecule has 1 aliphatic rings. The molecule has 0 spiro atoms. The summed E-state index contributed by atoms with van der Waals surface area (Å²) in [4.78, 5) is 15.5. The van der Waals surface area contributed by atoms with Crippen LogP contribution in [0.25, 0.3) is 21.9 Å². The fourth-order valence-electron chi connectivity index (χ4n) is 4.47. The SMILES string of the molecule is Cc1cc(-c2cccc(C(=O)Nc3ccc(OCCN4CCOCC4)c4ccccc34)c2)ccc1F. The quantitative estimate of drug-likeness (QED) is 0.354. The molecule has 0 aliphatic carbocycles. The average Bonchev–Trinajstić information content (AvgIpc) is 2.92. The molecule has 0 radical (unpaired) electrons. The second kappa shape index (κ2) is 10.9. The maximum absolute atomic E-state index is 13.7. The molecular weight excluding hydrogens is 455 g/mol. The van der Waals surface area contributed by atoms with E-state index in [1.165, 1.54) is 6.07 Å². The molecule has 36 heavy (non-hydrogen) atoms. The van der Waals surface area contributed by atoms with Crippen molar-refractivity contribution in [3.8, 4) is 16.9 Å². The molecule has 1 fully saturated rings. The standard InChI is InChI=1S/C30H29FN2O3/c1-21-19-23(9-10-27(21)31)22-5-4-6-24(20-22)30(34)32-28-11-12-29(26-8-3-2-7-25(26)28)36-18-15-33-13-16-35-17-14-33/h2-12,19-20H,13-18H2,1H3,(H,32,34). The first-order valence-corrected chi connectivity index (χ1v) is 12.2. The molecule has 1 amide bonds. The molecule has 1 aliphatic heterocycles. The summed E-state index contributed by atoms with van der Waals surface area (Å²) in [6.07, 6.45) is 0. The van der Waals surface area contributed by atoms with Gasteiger partial charge in [0.25, 0.3) is 5.91 Å². The fourth-order valence-corrected chi connectivity index (χ4v) is 4.47. The molecule has 0 bridgehead atoms. The van der Waals surface area contributed by atoms with Gasteiger partial charge in [-0.05, 0) is 60.0 Å². The van der Waals surface area contributed by atoms with Crippen LogP contribution in [-0.2, 0) is 4.74 Å². The third-order valence-electron chi connectivity index (χ3n) is 6.52. The van der Waals surface area contributed by atoms with E-state index in [4.69, 9.17) is 9.47 Å². The lowest BCUT2D eigenvalue weighted by molar-refractivity contribution is 0.0323. The second-order valence-corrected chi connectivity index (χ2v) is 8.96. The number of carbonyl (C=O) groups is 1. The average molecular weight is 485 g/mol. The van der Waals surface area contributed by atoms with Crippen LogP contribution in [0, 0.1) is 12.7 Å². The topological polar surface area (TPSA) is 50.8 Å². The molecule has 1 N–H and O–H groups in total. The minimum Gasteiger partial charge on any atom is -0.492 e. The van der Waals surface area contributed by atoms with Gasteiger partial charge < -0.3 is 14.8 Å². The number of carbonyl (C=O) groups excluding carboxylic acids is 1. The van der Waals surface area contributed by atoms with Gasteiger partial charge in [0, 0.05) is 41.7 Å². The predicted octanol–water partition coefficient (Wildman–Crippen LogP) is 5.92. The summed E-state index contributed by atoms with van der Waals surface area (Å²) in [6.45, 7) is 6.56. The number of nitrogens with zero attached hydrogens (tertiary/aromatic N) is 1. The van der Waals surface area contributed by atoms with Crippen molar-refractivity contribution in [3.63, 3.8) is 0 Å². The van der Waals surface area contributed by atoms with E-state index in [0.717, 1.165) is 66.2 Å². The van der Waals surface area contributed by atoms with Crippen molar-refractivity contribution < 1.29 is 18.7 Å². The maximum atomic E-state index is 13.7. The van der Waals surface area contributed by atoms with Gasteiger partial charge in [-0.1, -0.05) is 42.5 Å². The van der Waals surface area contributed by atoms with E-state index in [0.29, 0.717) is 17.7 Å². The first-order chi connectivity index (χ1) is 17.6. The van der Waals surface area contributed by atoms with Gasteiger partial charge in [-0.25, -0.2) is 4.39 Å². The number of hydrogen-bond donors (Lipinski definition) is 1. The maximum Gasteiger partial charge on any atom is 0.255 e. The third-order valence-corrected chi connectivity index (χ3v) is 6.52. The highest BCUT2D eigenvalue weighted by molar-refractivity contribution is 6.10. The van der Waals surface area contributed by atoms with Crippen LogP contribution in [0.4, 0.5) is 10.1 Å². The monoisotopic (exact) mass is 484 g/mol. The number of halogens is 1. The minimum atomic E-state index is -0.243. The number of morpholine rings is 1. The highest BCUT2D eigenvalue weighted by atomic mass is 19.1. The van der Waals surface area contributed by atoms with Crippen LogP contribution in [-0.4, -0.2) is 50.3 Å². The Bertz CT molecular complexity index is 1380. The summed E-state index contributed by atoms with van der Waals surface area (Å²) in [7, 11) is 0. The second-order valence-electron chi connectivity index (χ2n) is 8.96. The van der Waals surface area contributed by atoms with Gasteiger partial charge in [0.05, 0.1) is 13.2 Å². The number of aryl methyl sites for hydroxylation is 1. The van der Waals surface area contributed by atoms with Gasteiger partial charge in [0.2, 0.25) is 0 Å². The number of rotatable bonds is 7. The molecule has 4 aromatic rings. The summed E-state index contributed by atoms with van der Waals surface area (Å²) in [5.74, 6) is 0.348. The number of anilines is 1.